The lowest BCUT2D eigenvalue weighted by atomic mass is 10.1. The standard InChI is InChI=1S/C10H15FN2O2/c11-10(5-7-13-9-15)4-2-1-3-6-12-8-14/h10H,1-7H2. The molecular weight excluding hydrogens is 199 g/mol. The van der Waals surface area contributed by atoms with Gasteiger partial charge in [-0.25, -0.2) is 24.0 Å². The van der Waals surface area contributed by atoms with Gasteiger partial charge in [0.05, 0.1) is 13.1 Å². The van der Waals surface area contributed by atoms with Gasteiger partial charge in [0.15, 0.2) is 0 Å². The maximum atomic E-state index is 13.0. The molecule has 0 aliphatic heterocycles. The Bertz CT molecular complexity index is 246. The first kappa shape index (κ1) is 13.7. The Morgan fingerprint density at radius 3 is 2.27 bits per heavy atom. The number of hydrogen-bond donors (Lipinski definition) is 0. The average molecular weight is 214 g/mol. The van der Waals surface area contributed by atoms with E-state index in [9.17, 15) is 14.0 Å². The predicted molar refractivity (Wildman–Crippen MR) is 54.0 cm³/mol. The molecule has 0 saturated carbocycles. The largest absolute Gasteiger partial charge is 0.247 e. The number of isocyanates is 2. The lowest BCUT2D eigenvalue weighted by Crippen LogP contribution is -2.02. The molecule has 0 aromatic carbocycles. The molecular formula is C10H15FN2O2. The van der Waals surface area contributed by atoms with Crippen LogP contribution in [0.5, 0.6) is 0 Å². The zero-order valence-electron chi connectivity index (χ0n) is 8.62. The number of alkyl halides is 1. The van der Waals surface area contributed by atoms with Gasteiger partial charge in [-0.2, -0.15) is 0 Å². The molecule has 0 spiro atoms. The van der Waals surface area contributed by atoms with Crippen LogP contribution in [-0.4, -0.2) is 31.4 Å². The van der Waals surface area contributed by atoms with Crippen LogP contribution in [0.3, 0.4) is 0 Å². The molecule has 0 N–H and O–H groups in total. The summed E-state index contributed by atoms with van der Waals surface area (Å²) >= 11 is 0. The molecule has 0 saturated heterocycles. The second-order valence-corrected chi connectivity index (χ2v) is 3.18. The van der Waals surface area contributed by atoms with Crippen molar-refractivity contribution in [3.05, 3.63) is 0 Å². The Balaban J connectivity index is 3.26. The SMILES string of the molecule is O=C=NCCCCCC(F)CCN=C=O. The highest BCUT2D eigenvalue weighted by molar-refractivity contribution is 5.32. The zero-order chi connectivity index (χ0) is 11.4. The highest BCUT2D eigenvalue weighted by Crippen LogP contribution is 2.10. The van der Waals surface area contributed by atoms with Gasteiger partial charge in [0.2, 0.25) is 12.2 Å². The third-order valence-corrected chi connectivity index (χ3v) is 1.97. The molecule has 0 rings (SSSR count). The van der Waals surface area contributed by atoms with Gasteiger partial charge >= 0.3 is 0 Å². The topological polar surface area (TPSA) is 58.9 Å². The number of unbranched alkanes of at least 4 members (excludes halogenated alkanes) is 2. The highest BCUT2D eigenvalue weighted by atomic mass is 19.1. The second-order valence-electron chi connectivity index (χ2n) is 3.18. The molecule has 0 bridgehead atoms. The summed E-state index contributed by atoms with van der Waals surface area (Å²) < 4.78 is 13.0. The molecule has 0 fully saturated rings. The van der Waals surface area contributed by atoms with Crippen molar-refractivity contribution in [2.75, 3.05) is 13.1 Å². The first-order chi connectivity index (χ1) is 7.31. The van der Waals surface area contributed by atoms with Gasteiger partial charge in [-0.05, 0) is 19.3 Å². The predicted octanol–water partition coefficient (Wildman–Crippen LogP) is 1.95. The zero-order valence-corrected chi connectivity index (χ0v) is 8.62. The maximum absolute atomic E-state index is 13.0. The van der Waals surface area contributed by atoms with Crippen molar-refractivity contribution >= 4 is 12.2 Å². The van der Waals surface area contributed by atoms with Crippen LogP contribution in [0.15, 0.2) is 9.98 Å². The van der Waals surface area contributed by atoms with Crippen LogP contribution >= 0.6 is 0 Å². The van der Waals surface area contributed by atoms with E-state index in [0.717, 1.165) is 19.3 Å². The fourth-order valence-electron chi connectivity index (χ4n) is 1.17. The third kappa shape index (κ3) is 10.6. The van der Waals surface area contributed by atoms with E-state index < -0.39 is 6.17 Å². The van der Waals surface area contributed by atoms with E-state index in [1.54, 1.807) is 0 Å². The molecule has 0 aromatic rings. The first-order valence-electron chi connectivity index (χ1n) is 5.02. The lowest BCUT2D eigenvalue weighted by Gasteiger charge is -2.04. The van der Waals surface area contributed by atoms with Crippen molar-refractivity contribution in [1.29, 1.82) is 0 Å². The molecule has 0 aliphatic carbocycles. The average Bonchev–Trinajstić information content (AvgIpc) is 2.23. The summed E-state index contributed by atoms with van der Waals surface area (Å²) in [6, 6.07) is 0. The maximum Gasteiger partial charge on any atom is 0.234 e. The van der Waals surface area contributed by atoms with Crippen LogP contribution in [-0.2, 0) is 9.59 Å². The number of halogens is 1. The third-order valence-electron chi connectivity index (χ3n) is 1.97. The van der Waals surface area contributed by atoms with Crippen LogP contribution in [0.2, 0.25) is 0 Å². The van der Waals surface area contributed by atoms with Crippen LogP contribution < -0.4 is 0 Å². The van der Waals surface area contributed by atoms with Gasteiger partial charge in [0.1, 0.15) is 6.17 Å². The molecule has 5 heteroatoms. The summed E-state index contributed by atoms with van der Waals surface area (Å²) in [6.45, 7) is 0.677. The van der Waals surface area contributed by atoms with Crippen molar-refractivity contribution in [3.63, 3.8) is 0 Å². The molecule has 0 radical (unpaired) electrons. The van der Waals surface area contributed by atoms with Gasteiger partial charge in [0.25, 0.3) is 0 Å². The Morgan fingerprint density at radius 2 is 1.60 bits per heavy atom. The van der Waals surface area contributed by atoms with E-state index in [1.807, 2.05) is 0 Å². The summed E-state index contributed by atoms with van der Waals surface area (Å²) in [5.74, 6) is 0. The van der Waals surface area contributed by atoms with E-state index in [2.05, 4.69) is 9.98 Å². The Kier molecular flexibility index (Phi) is 9.83. The van der Waals surface area contributed by atoms with Gasteiger partial charge in [-0.15, -0.1) is 0 Å². The molecule has 1 unspecified atom stereocenters. The fourth-order valence-corrected chi connectivity index (χ4v) is 1.17. The normalized spacial score (nSPS) is 11.3. The summed E-state index contributed by atoms with van der Waals surface area (Å²) in [4.78, 5) is 26.1. The Hall–Kier alpha value is -1.31. The van der Waals surface area contributed by atoms with Gasteiger partial charge in [0, 0.05) is 0 Å². The van der Waals surface area contributed by atoms with Crippen LogP contribution in [0, 0.1) is 0 Å². The molecule has 0 aliphatic rings. The van der Waals surface area contributed by atoms with Crippen molar-refractivity contribution in [2.45, 2.75) is 38.3 Å². The molecule has 0 aromatic heterocycles. The minimum atomic E-state index is -0.906. The van der Waals surface area contributed by atoms with Gasteiger partial charge in [-0.3, -0.25) is 0 Å². The Labute approximate surface area is 88.3 Å². The lowest BCUT2D eigenvalue weighted by molar-refractivity contribution is 0.291. The molecule has 4 nitrogen and oxygen atoms in total. The van der Waals surface area contributed by atoms with E-state index in [1.165, 1.54) is 12.2 Å². The van der Waals surface area contributed by atoms with Crippen LogP contribution in [0.1, 0.15) is 32.1 Å². The van der Waals surface area contributed by atoms with Crippen molar-refractivity contribution < 1.29 is 14.0 Å². The number of rotatable bonds is 9. The van der Waals surface area contributed by atoms with Crippen molar-refractivity contribution in [1.82, 2.24) is 0 Å². The molecule has 1 atom stereocenters. The van der Waals surface area contributed by atoms with Crippen molar-refractivity contribution in [2.24, 2.45) is 9.98 Å². The van der Waals surface area contributed by atoms with E-state index in [4.69, 9.17) is 0 Å². The van der Waals surface area contributed by atoms with Crippen LogP contribution in [0.4, 0.5) is 4.39 Å². The highest BCUT2D eigenvalue weighted by Gasteiger charge is 2.04. The number of carbonyl (C=O) groups excluding carboxylic acids is 2. The van der Waals surface area contributed by atoms with Crippen molar-refractivity contribution in [3.8, 4) is 0 Å². The monoisotopic (exact) mass is 214 g/mol. The first-order valence-corrected chi connectivity index (χ1v) is 5.02. The molecule has 0 amide bonds. The Morgan fingerprint density at radius 1 is 0.933 bits per heavy atom. The van der Waals surface area contributed by atoms with E-state index in [0.29, 0.717) is 13.0 Å². The summed E-state index contributed by atoms with van der Waals surface area (Å²) in [5, 5.41) is 0. The second kappa shape index (κ2) is 10.8. The van der Waals surface area contributed by atoms with E-state index >= 15 is 0 Å². The summed E-state index contributed by atoms with van der Waals surface area (Å²) in [7, 11) is 0. The van der Waals surface area contributed by atoms with E-state index in [-0.39, 0.29) is 13.0 Å². The summed E-state index contributed by atoms with van der Waals surface area (Å²) in [6.07, 6.45) is 5.07. The van der Waals surface area contributed by atoms with Gasteiger partial charge in [-0.1, -0.05) is 12.8 Å². The number of aliphatic imine (C=N–C) groups is 2. The smallest absolute Gasteiger partial charge is 0.234 e. The minimum absolute atomic E-state index is 0.208. The number of nitrogens with zero attached hydrogens (tertiary/aromatic N) is 2. The van der Waals surface area contributed by atoms with Crippen LogP contribution in [0.25, 0.3) is 0 Å². The summed E-state index contributed by atoms with van der Waals surface area (Å²) in [5.41, 5.74) is 0. The number of hydrogen-bond acceptors (Lipinski definition) is 4. The molecule has 84 valence electrons. The molecule has 15 heavy (non-hydrogen) atoms. The van der Waals surface area contributed by atoms with Gasteiger partial charge < -0.3 is 0 Å². The fraction of sp³-hybridized carbons (Fsp3) is 0.800. The quantitative estimate of drug-likeness (QED) is 0.334. The molecule has 0 heterocycles. The minimum Gasteiger partial charge on any atom is -0.247 e.